The molecule has 1 aliphatic rings. The molecule has 2 aromatic rings. The molecule has 1 atom stereocenters. The van der Waals surface area contributed by atoms with Crippen molar-refractivity contribution in [2.75, 3.05) is 20.1 Å². The van der Waals surface area contributed by atoms with Crippen LogP contribution in [0.5, 0.6) is 0 Å². The summed E-state index contributed by atoms with van der Waals surface area (Å²) >= 11 is 0. The Morgan fingerprint density at radius 1 is 1.40 bits per heavy atom. The number of hydrogen-bond acceptors (Lipinski definition) is 2. The molecule has 3 rings (SSSR count). The van der Waals surface area contributed by atoms with E-state index in [4.69, 9.17) is 0 Å². The number of likely N-dealkylation sites (tertiary alicyclic amines) is 1. The summed E-state index contributed by atoms with van der Waals surface area (Å²) in [5.41, 5.74) is 1.51. The van der Waals surface area contributed by atoms with E-state index in [9.17, 15) is 8.78 Å². The molecule has 1 aromatic heterocycles. The quantitative estimate of drug-likeness (QED) is 0.435. The minimum Gasteiger partial charge on any atom is -0.352 e. The zero-order chi connectivity index (χ0) is 17.1. The van der Waals surface area contributed by atoms with Gasteiger partial charge >= 0.3 is 0 Å². The summed E-state index contributed by atoms with van der Waals surface area (Å²) in [5, 5.41) is 7.34. The summed E-state index contributed by atoms with van der Waals surface area (Å²) < 4.78 is 28.8. The van der Waals surface area contributed by atoms with Gasteiger partial charge < -0.3 is 10.2 Å². The lowest BCUT2D eigenvalue weighted by atomic mass is 10.0. The van der Waals surface area contributed by atoms with Crippen molar-refractivity contribution < 1.29 is 8.78 Å². The predicted octanol–water partition coefficient (Wildman–Crippen LogP) is 2.88. The highest BCUT2D eigenvalue weighted by atomic mass is 127. The van der Waals surface area contributed by atoms with Gasteiger partial charge in [0.15, 0.2) is 5.96 Å². The average molecular weight is 461 g/mol. The average Bonchev–Trinajstić information content (AvgIpc) is 3.20. The van der Waals surface area contributed by atoms with Gasteiger partial charge in [-0.2, -0.15) is 5.10 Å². The lowest BCUT2D eigenvalue weighted by molar-refractivity contribution is 0.483. The molecule has 25 heavy (non-hydrogen) atoms. The van der Waals surface area contributed by atoms with Crippen LogP contribution in [0.15, 0.2) is 35.6 Å². The fourth-order valence-corrected chi connectivity index (χ4v) is 3.06. The number of halogens is 3. The molecule has 2 heterocycles. The van der Waals surface area contributed by atoms with Crippen LogP contribution in [0, 0.1) is 11.6 Å². The van der Waals surface area contributed by atoms with E-state index in [2.05, 4.69) is 20.3 Å². The van der Waals surface area contributed by atoms with E-state index in [-0.39, 0.29) is 30.5 Å². The zero-order valence-electron chi connectivity index (χ0n) is 14.2. The van der Waals surface area contributed by atoms with Crippen molar-refractivity contribution >= 4 is 29.9 Å². The normalized spacial score (nSPS) is 17.5. The fraction of sp³-hybridized carbons (Fsp3) is 0.412. The maximum Gasteiger partial charge on any atom is 0.193 e. The van der Waals surface area contributed by atoms with E-state index in [1.54, 1.807) is 11.7 Å². The van der Waals surface area contributed by atoms with Gasteiger partial charge in [-0.25, -0.2) is 8.78 Å². The third-order valence-corrected chi connectivity index (χ3v) is 4.34. The molecular formula is C17H22F2IN5. The Morgan fingerprint density at radius 2 is 2.20 bits per heavy atom. The number of nitrogens with zero attached hydrogens (tertiary/aromatic N) is 4. The van der Waals surface area contributed by atoms with Crippen LogP contribution in [-0.4, -0.2) is 40.8 Å². The molecule has 8 heteroatoms. The van der Waals surface area contributed by atoms with Crippen molar-refractivity contribution in [3.8, 4) is 0 Å². The van der Waals surface area contributed by atoms with E-state index >= 15 is 0 Å². The van der Waals surface area contributed by atoms with Crippen molar-refractivity contribution in [2.24, 2.45) is 12.0 Å². The number of hydrogen-bond donors (Lipinski definition) is 1. The van der Waals surface area contributed by atoms with Gasteiger partial charge in [0.2, 0.25) is 0 Å². The van der Waals surface area contributed by atoms with Gasteiger partial charge in [0.25, 0.3) is 0 Å². The molecule has 1 saturated heterocycles. The standard InChI is InChI=1S/C17H21F2N5.HI/c1-20-17(21-8-13-7-15(18)3-4-16(13)19)24-6-5-12(11-24)14-9-22-23(2)10-14;/h3-4,7,9-10,12H,5-6,8,11H2,1-2H3,(H,20,21);1H. The Bertz CT molecular complexity index is 746. The van der Waals surface area contributed by atoms with Crippen LogP contribution in [0.25, 0.3) is 0 Å². The van der Waals surface area contributed by atoms with E-state index < -0.39 is 11.6 Å². The molecule has 1 aromatic carbocycles. The number of aryl methyl sites for hydroxylation is 1. The van der Waals surface area contributed by atoms with E-state index in [1.165, 1.54) is 11.6 Å². The molecule has 1 N–H and O–H groups in total. The molecule has 0 radical (unpaired) electrons. The third-order valence-electron chi connectivity index (χ3n) is 4.34. The van der Waals surface area contributed by atoms with Crippen LogP contribution in [0.4, 0.5) is 8.78 Å². The Kier molecular flexibility index (Phi) is 6.74. The van der Waals surface area contributed by atoms with Crippen molar-refractivity contribution in [2.45, 2.75) is 18.9 Å². The van der Waals surface area contributed by atoms with Crippen LogP contribution in [0.3, 0.4) is 0 Å². The second-order valence-corrected chi connectivity index (χ2v) is 6.02. The van der Waals surface area contributed by atoms with Gasteiger partial charge in [0.05, 0.1) is 6.20 Å². The van der Waals surface area contributed by atoms with Gasteiger partial charge in [-0.05, 0) is 30.2 Å². The van der Waals surface area contributed by atoms with Crippen LogP contribution >= 0.6 is 24.0 Å². The molecule has 0 aliphatic carbocycles. The molecule has 0 saturated carbocycles. The minimum atomic E-state index is -0.444. The maximum atomic E-state index is 13.7. The summed E-state index contributed by atoms with van der Waals surface area (Å²) in [7, 11) is 3.60. The summed E-state index contributed by atoms with van der Waals surface area (Å²) in [6, 6.07) is 3.47. The molecule has 0 spiro atoms. The van der Waals surface area contributed by atoms with Crippen molar-refractivity contribution in [3.05, 3.63) is 53.4 Å². The summed E-state index contributed by atoms with van der Waals surface area (Å²) in [6.45, 7) is 1.90. The van der Waals surface area contributed by atoms with E-state index in [1.807, 2.05) is 19.4 Å². The summed E-state index contributed by atoms with van der Waals surface area (Å²) in [6.07, 6.45) is 4.94. The Balaban J connectivity index is 0.00000225. The molecule has 1 unspecified atom stereocenters. The second kappa shape index (κ2) is 8.59. The first-order valence-electron chi connectivity index (χ1n) is 7.95. The smallest absolute Gasteiger partial charge is 0.193 e. The zero-order valence-corrected chi connectivity index (χ0v) is 16.6. The summed E-state index contributed by atoms with van der Waals surface area (Å²) in [4.78, 5) is 6.40. The molecular weight excluding hydrogens is 439 g/mol. The number of rotatable bonds is 3. The SMILES string of the molecule is CN=C(NCc1cc(F)ccc1F)N1CCC(c2cnn(C)c2)C1.I. The topological polar surface area (TPSA) is 45.5 Å². The lowest BCUT2D eigenvalue weighted by Gasteiger charge is -2.21. The Hall–Kier alpha value is -1.71. The molecule has 0 bridgehead atoms. The Labute approximate surface area is 163 Å². The summed E-state index contributed by atoms with van der Waals surface area (Å²) in [5.74, 6) is 0.239. The fourth-order valence-electron chi connectivity index (χ4n) is 3.06. The van der Waals surface area contributed by atoms with Crippen LogP contribution < -0.4 is 5.32 Å². The first-order chi connectivity index (χ1) is 11.6. The van der Waals surface area contributed by atoms with Crippen LogP contribution in [0.2, 0.25) is 0 Å². The van der Waals surface area contributed by atoms with Crippen molar-refractivity contribution in [1.29, 1.82) is 0 Å². The Morgan fingerprint density at radius 3 is 2.88 bits per heavy atom. The van der Waals surface area contributed by atoms with Crippen molar-refractivity contribution in [3.63, 3.8) is 0 Å². The number of nitrogens with one attached hydrogen (secondary N) is 1. The largest absolute Gasteiger partial charge is 0.352 e. The predicted molar refractivity (Wildman–Crippen MR) is 104 cm³/mol. The van der Waals surface area contributed by atoms with Gasteiger partial charge in [0.1, 0.15) is 11.6 Å². The molecule has 1 aliphatic heterocycles. The van der Waals surface area contributed by atoms with Crippen LogP contribution in [0.1, 0.15) is 23.5 Å². The first-order valence-corrected chi connectivity index (χ1v) is 7.95. The van der Waals surface area contributed by atoms with Gasteiger partial charge in [-0.1, -0.05) is 0 Å². The molecule has 1 fully saturated rings. The van der Waals surface area contributed by atoms with Gasteiger partial charge in [-0.15, -0.1) is 24.0 Å². The van der Waals surface area contributed by atoms with Gasteiger partial charge in [0, 0.05) is 51.4 Å². The number of benzene rings is 1. The third kappa shape index (κ3) is 4.68. The van der Waals surface area contributed by atoms with Crippen LogP contribution in [-0.2, 0) is 13.6 Å². The maximum absolute atomic E-state index is 13.7. The minimum absolute atomic E-state index is 0. The van der Waals surface area contributed by atoms with Gasteiger partial charge in [-0.3, -0.25) is 9.67 Å². The molecule has 0 amide bonds. The first kappa shape index (κ1) is 19.6. The highest BCUT2D eigenvalue weighted by molar-refractivity contribution is 14.0. The second-order valence-electron chi connectivity index (χ2n) is 6.02. The highest BCUT2D eigenvalue weighted by Gasteiger charge is 2.26. The number of aromatic nitrogens is 2. The number of aliphatic imine (C=N–C) groups is 1. The van der Waals surface area contributed by atoms with E-state index in [0.29, 0.717) is 17.4 Å². The monoisotopic (exact) mass is 461 g/mol. The number of guanidine groups is 1. The van der Waals surface area contributed by atoms with E-state index in [0.717, 1.165) is 31.6 Å². The van der Waals surface area contributed by atoms with Crippen molar-refractivity contribution in [1.82, 2.24) is 20.0 Å². The molecule has 5 nitrogen and oxygen atoms in total. The molecule has 136 valence electrons. The highest BCUT2D eigenvalue weighted by Crippen LogP contribution is 2.26. The lowest BCUT2D eigenvalue weighted by Crippen LogP contribution is -2.39.